The van der Waals surface area contributed by atoms with Gasteiger partial charge in [0.25, 0.3) is 17.2 Å². The monoisotopic (exact) mass is 376 g/mol. The number of aromatic nitrogens is 2. The van der Waals surface area contributed by atoms with Gasteiger partial charge in [0.05, 0.1) is 17.2 Å². The molecule has 0 radical (unpaired) electrons. The fraction of sp³-hybridized carbons (Fsp3) is 0.353. The second kappa shape index (κ2) is 7.65. The highest BCUT2D eigenvalue weighted by Gasteiger charge is 2.20. The van der Waals surface area contributed by atoms with Gasteiger partial charge in [-0.15, -0.1) is 0 Å². The van der Waals surface area contributed by atoms with Crippen LogP contribution in [0.25, 0.3) is 0 Å². The quantitative estimate of drug-likeness (QED) is 0.635. The van der Waals surface area contributed by atoms with Crippen molar-refractivity contribution in [1.29, 1.82) is 0 Å². The Morgan fingerprint density at radius 2 is 2.08 bits per heavy atom. The van der Waals surface area contributed by atoms with E-state index in [-0.39, 0.29) is 34.9 Å². The summed E-state index contributed by atoms with van der Waals surface area (Å²) in [6.07, 6.45) is 3.82. The number of benzene rings is 1. The Labute approximate surface area is 153 Å². The SMILES string of the molecule is O=C(NCCn1nc2c(cc1=O)CCCC2)c1cc(Cl)ccc1[N+](=O)[O-]. The van der Waals surface area contributed by atoms with Gasteiger partial charge in [0, 0.05) is 23.7 Å². The van der Waals surface area contributed by atoms with Crippen LogP contribution in [0.3, 0.4) is 0 Å². The van der Waals surface area contributed by atoms with Crippen LogP contribution < -0.4 is 10.9 Å². The van der Waals surface area contributed by atoms with E-state index in [0.717, 1.165) is 36.9 Å². The zero-order valence-corrected chi connectivity index (χ0v) is 14.7. The van der Waals surface area contributed by atoms with Crippen molar-refractivity contribution in [2.75, 3.05) is 6.54 Å². The lowest BCUT2D eigenvalue weighted by molar-refractivity contribution is -0.385. The standard InChI is InChI=1S/C17H17ClN4O4/c18-12-5-6-15(22(25)26)13(10-12)17(24)19-7-8-21-16(23)9-11-3-1-2-4-14(11)20-21/h5-6,9-10H,1-4,7-8H2,(H,19,24). The molecule has 0 fully saturated rings. The highest BCUT2D eigenvalue weighted by Crippen LogP contribution is 2.22. The summed E-state index contributed by atoms with van der Waals surface area (Å²) in [6.45, 7) is 0.306. The number of fused-ring (bicyclic) bond motifs is 1. The van der Waals surface area contributed by atoms with E-state index < -0.39 is 10.8 Å². The number of aryl methyl sites for hydroxylation is 2. The fourth-order valence-corrected chi connectivity index (χ4v) is 3.15. The molecule has 1 N–H and O–H groups in total. The van der Waals surface area contributed by atoms with Crippen LogP contribution in [0.2, 0.25) is 5.02 Å². The Kier molecular flexibility index (Phi) is 5.32. The fourth-order valence-electron chi connectivity index (χ4n) is 2.98. The van der Waals surface area contributed by atoms with E-state index in [9.17, 15) is 19.7 Å². The molecule has 0 spiro atoms. The molecule has 0 saturated heterocycles. The van der Waals surface area contributed by atoms with Gasteiger partial charge in [0.2, 0.25) is 0 Å². The van der Waals surface area contributed by atoms with Crippen molar-refractivity contribution in [3.05, 3.63) is 66.6 Å². The lowest BCUT2D eigenvalue weighted by Gasteiger charge is -2.16. The molecule has 1 aliphatic rings. The van der Waals surface area contributed by atoms with Crippen molar-refractivity contribution < 1.29 is 9.72 Å². The third kappa shape index (κ3) is 3.91. The van der Waals surface area contributed by atoms with Gasteiger partial charge in [0.15, 0.2) is 0 Å². The average Bonchev–Trinajstić information content (AvgIpc) is 2.61. The Morgan fingerprint density at radius 3 is 2.85 bits per heavy atom. The normalized spacial score (nSPS) is 13.1. The highest BCUT2D eigenvalue weighted by molar-refractivity contribution is 6.31. The Balaban J connectivity index is 1.69. The van der Waals surface area contributed by atoms with Gasteiger partial charge < -0.3 is 5.32 Å². The van der Waals surface area contributed by atoms with Crippen LogP contribution in [0.5, 0.6) is 0 Å². The smallest absolute Gasteiger partial charge is 0.282 e. The number of amides is 1. The number of nitrogens with zero attached hydrogens (tertiary/aromatic N) is 3. The van der Waals surface area contributed by atoms with Crippen molar-refractivity contribution in [3.63, 3.8) is 0 Å². The van der Waals surface area contributed by atoms with Gasteiger partial charge in [-0.05, 0) is 43.4 Å². The van der Waals surface area contributed by atoms with Gasteiger partial charge in [0.1, 0.15) is 5.56 Å². The van der Waals surface area contributed by atoms with Gasteiger partial charge in [-0.2, -0.15) is 5.10 Å². The lowest BCUT2D eigenvalue weighted by Crippen LogP contribution is -2.33. The van der Waals surface area contributed by atoms with E-state index in [4.69, 9.17) is 11.6 Å². The first-order valence-corrected chi connectivity index (χ1v) is 8.65. The molecule has 0 bridgehead atoms. The Bertz CT molecular complexity index is 925. The molecule has 26 heavy (non-hydrogen) atoms. The summed E-state index contributed by atoms with van der Waals surface area (Å²) in [5, 5.41) is 18.2. The number of rotatable bonds is 5. The van der Waals surface area contributed by atoms with Gasteiger partial charge in [-0.1, -0.05) is 11.6 Å². The predicted octanol–water partition coefficient (Wildman–Crippen LogP) is 2.11. The van der Waals surface area contributed by atoms with E-state index >= 15 is 0 Å². The second-order valence-corrected chi connectivity index (χ2v) is 6.50. The summed E-state index contributed by atoms with van der Waals surface area (Å²) < 4.78 is 1.32. The molecule has 0 aliphatic heterocycles. The van der Waals surface area contributed by atoms with Crippen LogP contribution in [0.4, 0.5) is 5.69 Å². The van der Waals surface area contributed by atoms with Crippen LogP contribution in [-0.4, -0.2) is 27.2 Å². The average molecular weight is 377 g/mol. The van der Waals surface area contributed by atoms with Crippen molar-refractivity contribution in [2.45, 2.75) is 32.2 Å². The number of nitrogens with one attached hydrogen (secondary N) is 1. The zero-order chi connectivity index (χ0) is 18.7. The molecule has 1 amide bonds. The molecular weight excluding hydrogens is 360 g/mol. The van der Waals surface area contributed by atoms with E-state index in [0.29, 0.717) is 0 Å². The highest BCUT2D eigenvalue weighted by atomic mass is 35.5. The van der Waals surface area contributed by atoms with E-state index in [1.54, 1.807) is 6.07 Å². The van der Waals surface area contributed by atoms with Crippen molar-refractivity contribution in [3.8, 4) is 0 Å². The van der Waals surface area contributed by atoms with Crippen LogP contribution in [0.15, 0.2) is 29.1 Å². The molecule has 8 nitrogen and oxygen atoms in total. The third-order valence-electron chi connectivity index (χ3n) is 4.28. The molecule has 1 aromatic carbocycles. The molecular formula is C17H17ClN4O4. The van der Waals surface area contributed by atoms with Crippen LogP contribution >= 0.6 is 11.6 Å². The van der Waals surface area contributed by atoms with E-state index in [1.807, 2.05) is 0 Å². The lowest BCUT2D eigenvalue weighted by atomic mass is 9.97. The molecule has 1 heterocycles. The summed E-state index contributed by atoms with van der Waals surface area (Å²) in [6, 6.07) is 5.39. The molecule has 3 rings (SSSR count). The summed E-state index contributed by atoms with van der Waals surface area (Å²) in [5.74, 6) is -0.620. The molecule has 2 aromatic rings. The minimum atomic E-state index is -0.638. The number of carbonyl (C=O) groups excluding carboxylic acids is 1. The van der Waals surface area contributed by atoms with Crippen LogP contribution in [-0.2, 0) is 19.4 Å². The van der Waals surface area contributed by atoms with Gasteiger partial charge in [-0.25, -0.2) is 4.68 Å². The molecule has 0 unspecified atom stereocenters. The minimum Gasteiger partial charge on any atom is -0.350 e. The molecule has 0 saturated carbocycles. The Hall–Kier alpha value is -2.74. The van der Waals surface area contributed by atoms with Crippen molar-refractivity contribution in [1.82, 2.24) is 15.1 Å². The molecule has 0 atom stereocenters. The first-order valence-electron chi connectivity index (χ1n) is 8.28. The third-order valence-corrected chi connectivity index (χ3v) is 4.52. The van der Waals surface area contributed by atoms with Gasteiger partial charge >= 0.3 is 0 Å². The summed E-state index contributed by atoms with van der Waals surface area (Å²) in [7, 11) is 0. The molecule has 136 valence electrons. The van der Waals surface area contributed by atoms with Crippen molar-refractivity contribution in [2.24, 2.45) is 0 Å². The number of halogens is 1. The van der Waals surface area contributed by atoms with E-state index in [2.05, 4.69) is 10.4 Å². The van der Waals surface area contributed by atoms with Crippen molar-refractivity contribution >= 4 is 23.2 Å². The van der Waals surface area contributed by atoms with E-state index in [1.165, 1.54) is 22.9 Å². The number of carbonyl (C=O) groups is 1. The Morgan fingerprint density at radius 1 is 1.31 bits per heavy atom. The molecule has 1 aromatic heterocycles. The maximum Gasteiger partial charge on any atom is 0.282 e. The topological polar surface area (TPSA) is 107 Å². The predicted molar refractivity (Wildman–Crippen MR) is 95.6 cm³/mol. The molecule has 1 aliphatic carbocycles. The maximum atomic E-state index is 12.2. The second-order valence-electron chi connectivity index (χ2n) is 6.06. The first-order chi connectivity index (χ1) is 12.5. The summed E-state index contributed by atoms with van der Waals surface area (Å²) in [4.78, 5) is 34.8. The minimum absolute atomic E-state index is 0.117. The van der Waals surface area contributed by atoms with Crippen LogP contribution in [0.1, 0.15) is 34.5 Å². The maximum absolute atomic E-state index is 12.2. The number of hydrogen-bond acceptors (Lipinski definition) is 5. The number of nitro groups is 1. The first kappa shape index (κ1) is 18.1. The largest absolute Gasteiger partial charge is 0.350 e. The summed E-state index contributed by atoms with van der Waals surface area (Å²) in [5.41, 5.74) is 1.27. The molecule has 9 heteroatoms. The van der Waals surface area contributed by atoms with Gasteiger partial charge in [-0.3, -0.25) is 19.7 Å². The van der Waals surface area contributed by atoms with Crippen LogP contribution in [0, 0.1) is 10.1 Å². The zero-order valence-electron chi connectivity index (χ0n) is 13.9. The number of nitro benzene ring substituents is 1. The summed E-state index contributed by atoms with van der Waals surface area (Å²) >= 11 is 5.83. The number of hydrogen-bond donors (Lipinski definition) is 1.